The number of nitriles is 1. The van der Waals surface area contributed by atoms with Crippen LogP contribution in [0, 0.1) is 11.3 Å². The highest BCUT2D eigenvalue weighted by Crippen LogP contribution is 2.55. The molecule has 0 bridgehead atoms. The van der Waals surface area contributed by atoms with Gasteiger partial charge >= 0.3 is 0 Å². The van der Waals surface area contributed by atoms with Crippen LogP contribution in [0.4, 0.5) is 34.1 Å². The van der Waals surface area contributed by atoms with E-state index in [1.54, 1.807) is 12.3 Å². The van der Waals surface area contributed by atoms with Crippen molar-refractivity contribution in [3.05, 3.63) is 151 Å². The van der Waals surface area contributed by atoms with E-state index in [0.717, 1.165) is 56.5 Å². The van der Waals surface area contributed by atoms with Crippen molar-refractivity contribution >= 4 is 34.1 Å². The van der Waals surface area contributed by atoms with Crippen molar-refractivity contribution in [1.82, 2.24) is 4.98 Å². The van der Waals surface area contributed by atoms with Gasteiger partial charge in [-0.05, 0) is 60.2 Å². The number of nitrogens with zero attached hydrogens (tertiary/aromatic N) is 4. The summed E-state index contributed by atoms with van der Waals surface area (Å²) in [5.41, 5.74) is 11.3. The van der Waals surface area contributed by atoms with Crippen LogP contribution in [-0.2, 0) is 0 Å². The molecule has 1 aliphatic rings. The highest BCUT2D eigenvalue weighted by molar-refractivity contribution is 6.03. The van der Waals surface area contributed by atoms with Gasteiger partial charge in [0, 0.05) is 23.0 Å². The van der Waals surface area contributed by atoms with Gasteiger partial charge in [0.15, 0.2) is 0 Å². The van der Waals surface area contributed by atoms with Gasteiger partial charge in [0.25, 0.3) is 0 Å². The van der Waals surface area contributed by atoms with Crippen molar-refractivity contribution in [3.63, 3.8) is 0 Å². The average Bonchev–Trinajstić information content (AvgIpc) is 3.04. The second kappa shape index (κ2) is 9.90. The molecule has 4 nitrogen and oxygen atoms in total. The van der Waals surface area contributed by atoms with Crippen molar-refractivity contribution in [2.24, 2.45) is 0 Å². The molecule has 0 N–H and O–H groups in total. The number of benzene rings is 5. The summed E-state index contributed by atoms with van der Waals surface area (Å²) >= 11 is 0. The Morgan fingerprint density at radius 3 is 1.65 bits per heavy atom. The predicted molar refractivity (Wildman–Crippen MR) is 163 cm³/mol. The molecule has 0 radical (unpaired) electrons. The van der Waals surface area contributed by atoms with Gasteiger partial charge in [-0.15, -0.1) is 0 Å². The molecular formula is C36H24N4. The number of para-hydroxylation sites is 6. The first-order valence-corrected chi connectivity index (χ1v) is 13.2. The average molecular weight is 513 g/mol. The molecule has 5 aromatic carbocycles. The zero-order valence-corrected chi connectivity index (χ0v) is 21.6. The number of pyridine rings is 1. The maximum Gasteiger partial charge on any atom is 0.0992 e. The Morgan fingerprint density at radius 1 is 0.500 bits per heavy atom. The quantitative estimate of drug-likeness (QED) is 0.235. The van der Waals surface area contributed by atoms with Crippen molar-refractivity contribution in [3.8, 4) is 28.5 Å². The fraction of sp³-hybridized carbons (Fsp3) is 0. The summed E-state index contributed by atoms with van der Waals surface area (Å²) in [6.07, 6.45) is 1.68. The molecule has 0 unspecified atom stereocenters. The number of fused-ring (bicyclic) bond motifs is 2. The summed E-state index contributed by atoms with van der Waals surface area (Å²) in [5.74, 6) is 0. The summed E-state index contributed by atoms with van der Waals surface area (Å²) in [6.45, 7) is 0. The van der Waals surface area contributed by atoms with Gasteiger partial charge in [-0.25, -0.2) is 0 Å². The third-order valence-electron chi connectivity index (χ3n) is 7.27. The predicted octanol–water partition coefficient (Wildman–Crippen LogP) is 9.54. The third-order valence-corrected chi connectivity index (χ3v) is 7.27. The van der Waals surface area contributed by atoms with Gasteiger partial charge in [-0.1, -0.05) is 84.9 Å². The van der Waals surface area contributed by atoms with Crippen LogP contribution in [0.2, 0.25) is 0 Å². The molecule has 1 aromatic heterocycles. The highest BCUT2D eigenvalue weighted by Gasteiger charge is 2.31. The number of aromatic nitrogens is 1. The first kappa shape index (κ1) is 23.5. The van der Waals surface area contributed by atoms with E-state index in [1.807, 2.05) is 6.07 Å². The first-order chi connectivity index (χ1) is 19.8. The molecule has 6 aromatic rings. The monoisotopic (exact) mass is 512 g/mol. The third kappa shape index (κ3) is 3.98. The van der Waals surface area contributed by atoms with Gasteiger partial charge in [0.2, 0.25) is 0 Å². The zero-order chi connectivity index (χ0) is 26.9. The molecule has 0 fully saturated rings. The van der Waals surface area contributed by atoms with Gasteiger partial charge < -0.3 is 9.80 Å². The van der Waals surface area contributed by atoms with Crippen LogP contribution >= 0.6 is 0 Å². The molecule has 0 amide bonds. The lowest BCUT2D eigenvalue weighted by Crippen LogP contribution is -2.24. The topological polar surface area (TPSA) is 43.2 Å². The Bertz CT molecular complexity index is 1820. The van der Waals surface area contributed by atoms with Crippen molar-refractivity contribution in [2.75, 3.05) is 9.80 Å². The van der Waals surface area contributed by atoms with Gasteiger partial charge in [-0.2, -0.15) is 5.26 Å². The summed E-state index contributed by atoms with van der Waals surface area (Å²) in [7, 11) is 0. The number of rotatable bonds is 4. The fourth-order valence-electron chi connectivity index (χ4n) is 5.45. The summed E-state index contributed by atoms with van der Waals surface area (Å²) < 4.78 is 0. The molecule has 2 heterocycles. The number of hydrogen-bond donors (Lipinski definition) is 0. The molecule has 0 saturated carbocycles. The van der Waals surface area contributed by atoms with E-state index in [0.29, 0.717) is 5.56 Å². The molecule has 0 spiro atoms. The van der Waals surface area contributed by atoms with E-state index in [4.69, 9.17) is 0 Å². The molecular weight excluding hydrogens is 488 g/mol. The highest BCUT2D eigenvalue weighted by atomic mass is 15.3. The van der Waals surface area contributed by atoms with E-state index in [1.165, 1.54) is 0 Å². The van der Waals surface area contributed by atoms with Crippen LogP contribution in [0.1, 0.15) is 5.56 Å². The number of anilines is 6. The molecule has 0 atom stereocenters. The zero-order valence-electron chi connectivity index (χ0n) is 21.6. The SMILES string of the molecule is N#Cc1ccnc(-c2ccc(-c3ccccc3N3c4ccccc4N(c4ccccc4)c4ccccc43)cc2)c1. The lowest BCUT2D eigenvalue weighted by atomic mass is 9.98. The van der Waals surface area contributed by atoms with Crippen LogP contribution in [0.15, 0.2) is 146 Å². The Morgan fingerprint density at radius 2 is 1.02 bits per heavy atom. The standard InChI is InChI=1S/C36H24N4/c37-25-26-22-23-38-31(24-26)28-20-18-27(19-21-28)30-12-4-5-13-32(30)40-35-16-8-6-14-33(35)39(29-10-2-1-3-11-29)34-15-7-9-17-36(34)40/h1-24H. The minimum atomic E-state index is 0.603. The van der Waals surface area contributed by atoms with Gasteiger partial charge in [0.1, 0.15) is 0 Å². The molecule has 0 saturated heterocycles. The molecule has 0 aliphatic carbocycles. The van der Waals surface area contributed by atoms with Crippen LogP contribution in [0.25, 0.3) is 22.4 Å². The van der Waals surface area contributed by atoms with Gasteiger partial charge in [0.05, 0.1) is 45.8 Å². The van der Waals surface area contributed by atoms with Crippen LogP contribution in [-0.4, -0.2) is 4.98 Å². The number of hydrogen-bond acceptors (Lipinski definition) is 4. The molecule has 40 heavy (non-hydrogen) atoms. The maximum atomic E-state index is 9.29. The van der Waals surface area contributed by atoms with Crippen molar-refractivity contribution < 1.29 is 0 Å². The summed E-state index contributed by atoms with van der Waals surface area (Å²) in [5, 5.41) is 9.29. The van der Waals surface area contributed by atoms with Crippen molar-refractivity contribution in [1.29, 1.82) is 5.26 Å². The van der Waals surface area contributed by atoms with Crippen molar-refractivity contribution in [2.45, 2.75) is 0 Å². The Kier molecular flexibility index (Phi) is 5.81. The maximum absolute atomic E-state index is 9.29. The summed E-state index contributed by atoms with van der Waals surface area (Å²) in [4.78, 5) is 9.17. The van der Waals surface area contributed by atoms with E-state index >= 15 is 0 Å². The molecule has 188 valence electrons. The largest absolute Gasteiger partial charge is 0.306 e. The Balaban J connectivity index is 1.37. The van der Waals surface area contributed by atoms with E-state index in [-0.39, 0.29) is 0 Å². The smallest absolute Gasteiger partial charge is 0.0992 e. The van der Waals surface area contributed by atoms with E-state index < -0.39 is 0 Å². The minimum absolute atomic E-state index is 0.603. The molecule has 4 heteroatoms. The van der Waals surface area contributed by atoms with E-state index in [9.17, 15) is 5.26 Å². The Labute approximate surface area is 233 Å². The van der Waals surface area contributed by atoms with Crippen LogP contribution in [0.3, 0.4) is 0 Å². The summed E-state index contributed by atoms with van der Waals surface area (Å²) in [6, 6.07) is 50.4. The van der Waals surface area contributed by atoms with Crippen LogP contribution < -0.4 is 9.80 Å². The first-order valence-electron chi connectivity index (χ1n) is 13.2. The lowest BCUT2D eigenvalue weighted by Gasteiger charge is -2.40. The van der Waals surface area contributed by atoms with Gasteiger partial charge in [-0.3, -0.25) is 4.98 Å². The minimum Gasteiger partial charge on any atom is -0.306 e. The normalized spacial score (nSPS) is 11.9. The molecule has 7 rings (SSSR count). The fourth-order valence-corrected chi connectivity index (χ4v) is 5.45. The molecule has 1 aliphatic heterocycles. The lowest BCUT2D eigenvalue weighted by molar-refractivity contribution is 1.17. The van der Waals surface area contributed by atoms with E-state index in [2.05, 4.69) is 148 Å². The van der Waals surface area contributed by atoms with Crippen LogP contribution in [0.5, 0.6) is 0 Å². The second-order valence-electron chi connectivity index (χ2n) is 9.62. The Hall–Kier alpha value is -5.66. The second-order valence-corrected chi connectivity index (χ2v) is 9.62.